The molecule has 0 saturated carbocycles. The molecule has 0 atom stereocenters. The highest BCUT2D eigenvalue weighted by molar-refractivity contribution is 14.1. The Labute approximate surface area is 138 Å². The molecule has 0 aliphatic heterocycles. The minimum atomic E-state index is 0.533. The zero-order chi connectivity index (χ0) is 14.7. The van der Waals surface area contributed by atoms with Crippen LogP contribution in [0.2, 0.25) is 5.15 Å². The quantitative estimate of drug-likeness (QED) is 0.557. The highest BCUT2D eigenvalue weighted by Crippen LogP contribution is 2.27. The Hall–Kier alpha value is -0.750. The lowest BCUT2D eigenvalue weighted by molar-refractivity contribution is 0.632. The first-order valence-corrected chi connectivity index (χ1v) is 8.13. The van der Waals surface area contributed by atoms with Crippen LogP contribution in [0.1, 0.15) is 32.0 Å². The van der Waals surface area contributed by atoms with E-state index in [-0.39, 0.29) is 0 Å². The number of hydrogen-bond donors (Lipinski definition) is 0. The molecule has 2 heterocycles. The van der Waals surface area contributed by atoms with Gasteiger partial charge >= 0.3 is 0 Å². The van der Waals surface area contributed by atoms with E-state index in [1.807, 2.05) is 12.3 Å². The summed E-state index contributed by atoms with van der Waals surface area (Å²) in [5, 5.41) is 0.533. The monoisotopic (exact) mass is 401 g/mol. The fourth-order valence-corrected chi connectivity index (χ4v) is 2.68. The maximum Gasteiger partial charge on any atom is 0.161 e. The number of aromatic nitrogens is 3. The summed E-state index contributed by atoms with van der Waals surface area (Å²) in [4.78, 5) is 13.3. The van der Waals surface area contributed by atoms with E-state index in [9.17, 15) is 0 Å². The molecule has 20 heavy (non-hydrogen) atoms. The molecule has 0 radical (unpaired) electrons. The van der Waals surface area contributed by atoms with E-state index < -0.39 is 0 Å². The van der Waals surface area contributed by atoms with Crippen LogP contribution in [0, 0.1) is 9.49 Å². The molecule has 2 aromatic rings. The summed E-state index contributed by atoms with van der Waals surface area (Å²) >= 11 is 8.50. The summed E-state index contributed by atoms with van der Waals surface area (Å²) in [6.07, 6.45) is 5.44. The van der Waals surface area contributed by atoms with Gasteiger partial charge in [0.05, 0.1) is 9.26 Å². The van der Waals surface area contributed by atoms with Crippen LogP contribution in [0.3, 0.4) is 0 Å². The number of aryl methyl sites for hydroxylation is 1. The highest BCUT2D eigenvalue weighted by atomic mass is 127. The Bertz CT molecular complexity index is 614. The minimum absolute atomic E-state index is 0.533. The molecule has 0 aliphatic carbocycles. The van der Waals surface area contributed by atoms with Gasteiger partial charge in [0.15, 0.2) is 5.82 Å². The normalized spacial score (nSPS) is 11.1. The first-order chi connectivity index (χ1) is 9.52. The molecule has 2 rings (SSSR count). The Morgan fingerprint density at radius 1 is 1.30 bits per heavy atom. The smallest absolute Gasteiger partial charge is 0.161 e. The summed E-state index contributed by atoms with van der Waals surface area (Å²) in [5.74, 6) is 1.23. The lowest BCUT2D eigenvalue weighted by Gasteiger charge is -2.11. The molecule has 3 nitrogen and oxygen atoms in total. The number of rotatable bonds is 4. The van der Waals surface area contributed by atoms with Gasteiger partial charge in [0.1, 0.15) is 5.15 Å². The van der Waals surface area contributed by atoms with Gasteiger partial charge in [0, 0.05) is 18.0 Å². The van der Waals surface area contributed by atoms with Crippen molar-refractivity contribution in [2.75, 3.05) is 0 Å². The molecule has 5 heteroatoms. The van der Waals surface area contributed by atoms with Crippen molar-refractivity contribution in [2.45, 2.75) is 33.6 Å². The number of halogens is 2. The van der Waals surface area contributed by atoms with Crippen LogP contribution in [0.15, 0.2) is 18.5 Å². The Morgan fingerprint density at radius 2 is 2.05 bits per heavy atom. The highest BCUT2D eigenvalue weighted by Gasteiger charge is 2.14. The summed E-state index contributed by atoms with van der Waals surface area (Å²) in [6, 6.07) is 1.95. The van der Waals surface area contributed by atoms with Crippen molar-refractivity contribution in [3.05, 3.63) is 38.4 Å². The maximum absolute atomic E-state index is 6.27. The van der Waals surface area contributed by atoms with Crippen molar-refractivity contribution in [1.82, 2.24) is 15.0 Å². The van der Waals surface area contributed by atoms with Gasteiger partial charge in [-0.1, -0.05) is 32.4 Å². The Balaban J connectivity index is 2.54. The van der Waals surface area contributed by atoms with Crippen LogP contribution in [-0.2, 0) is 12.8 Å². The number of hydrogen-bond acceptors (Lipinski definition) is 3. The number of nitrogens with zero attached hydrogens (tertiary/aromatic N) is 3. The molecule has 0 aliphatic rings. The molecule has 0 unspecified atom stereocenters. The first-order valence-electron chi connectivity index (χ1n) is 6.68. The zero-order valence-electron chi connectivity index (χ0n) is 11.8. The third-order valence-corrected chi connectivity index (χ3v) is 4.73. The van der Waals surface area contributed by atoms with E-state index in [0.717, 1.165) is 33.2 Å². The average Bonchev–Trinajstić information content (AvgIpc) is 2.43. The van der Waals surface area contributed by atoms with Gasteiger partial charge in [-0.05, 0) is 53.0 Å². The van der Waals surface area contributed by atoms with Gasteiger partial charge in [0.2, 0.25) is 0 Å². The van der Waals surface area contributed by atoms with Gasteiger partial charge in [-0.15, -0.1) is 0 Å². The van der Waals surface area contributed by atoms with E-state index in [2.05, 4.69) is 53.3 Å². The maximum atomic E-state index is 6.27. The van der Waals surface area contributed by atoms with E-state index >= 15 is 0 Å². The van der Waals surface area contributed by atoms with Gasteiger partial charge in [-0.25, -0.2) is 9.97 Å². The molecule has 2 aromatic heterocycles. The molecular formula is C15H17ClIN3. The van der Waals surface area contributed by atoms with Crippen molar-refractivity contribution in [1.29, 1.82) is 0 Å². The molecule has 0 fully saturated rings. The van der Waals surface area contributed by atoms with Crippen molar-refractivity contribution >= 4 is 34.2 Å². The Morgan fingerprint density at radius 3 is 2.70 bits per heavy atom. The summed E-state index contributed by atoms with van der Waals surface area (Å²) in [7, 11) is 0. The van der Waals surface area contributed by atoms with Gasteiger partial charge < -0.3 is 0 Å². The second-order valence-corrected chi connectivity index (χ2v) is 6.52. The second-order valence-electron chi connectivity index (χ2n) is 5.08. The third-order valence-electron chi connectivity index (χ3n) is 3.01. The van der Waals surface area contributed by atoms with Gasteiger partial charge in [0.25, 0.3) is 0 Å². The van der Waals surface area contributed by atoms with E-state index in [1.165, 1.54) is 0 Å². The SMILES string of the molecule is CCc1cnccc1-c1nc(Cl)c(I)c(CC(C)C)n1. The van der Waals surface area contributed by atoms with Crippen molar-refractivity contribution in [3.8, 4) is 11.4 Å². The first kappa shape index (κ1) is 15.6. The van der Waals surface area contributed by atoms with Crippen LogP contribution in [0.5, 0.6) is 0 Å². The standard InChI is InChI=1S/C15H17ClIN3/c1-4-10-8-18-6-5-11(10)15-19-12(7-9(2)3)13(17)14(16)20-15/h5-6,8-9H,4,7H2,1-3H3. The summed E-state index contributed by atoms with van der Waals surface area (Å²) in [5.41, 5.74) is 3.18. The molecule has 0 amide bonds. The average molecular weight is 402 g/mol. The van der Waals surface area contributed by atoms with E-state index in [4.69, 9.17) is 16.6 Å². The van der Waals surface area contributed by atoms with Gasteiger partial charge in [-0.3, -0.25) is 4.98 Å². The minimum Gasteiger partial charge on any atom is -0.264 e. The van der Waals surface area contributed by atoms with Crippen LogP contribution in [0.25, 0.3) is 11.4 Å². The number of pyridine rings is 1. The molecule has 0 bridgehead atoms. The topological polar surface area (TPSA) is 38.7 Å². The van der Waals surface area contributed by atoms with Crippen molar-refractivity contribution in [3.63, 3.8) is 0 Å². The lowest BCUT2D eigenvalue weighted by Crippen LogP contribution is -2.05. The lowest BCUT2D eigenvalue weighted by atomic mass is 10.1. The largest absolute Gasteiger partial charge is 0.264 e. The summed E-state index contributed by atoms with van der Waals surface area (Å²) < 4.78 is 0.953. The predicted octanol–water partition coefficient (Wildman–Crippen LogP) is 4.56. The molecule has 106 valence electrons. The third kappa shape index (κ3) is 3.47. The predicted molar refractivity (Wildman–Crippen MR) is 90.9 cm³/mol. The summed E-state index contributed by atoms with van der Waals surface area (Å²) in [6.45, 7) is 6.45. The van der Waals surface area contributed by atoms with E-state index in [1.54, 1.807) is 6.20 Å². The molecule has 0 aromatic carbocycles. The fourth-order valence-electron chi connectivity index (χ4n) is 2.03. The Kier molecular flexibility index (Phi) is 5.32. The van der Waals surface area contributed by atoms with Crippen molar-refractivity contribution in [2.24, 2.45) is 5.92 Å². The van der Waals surface area contributed by atoms with Crippen LogP contribution >= 0.6 is 34.2 Å². The van der Waals surface area contributed by atoms with Crippen LogP contribution < -0.4 is 0 Å². The fraction of sp³-hybridized carbons (Fsp3) is 0.400. The molecule has 0 spiro atoms. The zero-order valence-corrected chi connectivity index (χ0v) is 14.7. The second kappa shape index (κ2) is 6.80. The van der Waals surface area contributed by atoms with Crippen LogP contribution in [-0.4, -0.2) is 15.0 Å². The molecular weight excluding hydrogens is 385 g/mol. The van der Waals surface area contributed by atoms with E-state index in [0.29, 0.717) is 16.9 Å². The van der Waals surface area contributed by atoms with Crippen molar-refractivity contribution < 1.29 is 0 Å². The molecule has 0 N–H and O–H groups in total. The molecule has 0 saturated heterocycles. The van der Waals surface area contributed by atoms with Gasteiger partial charge in [-0.2, -0.15) is 0 Å². The van der Waals surface area contributed by atoms with Crippen LogP contribution in [0.4, 0.5) is 0 Å².